The van der Waals surface area contributed by atoms with E-state index in [1.54, 1.807) is 46.1 Å². The molecule has 7 heteroatoms. The topological polar surface area (TPSA) is 70.2 Å². The zero-order valence-electron chi connectivity index (χ0n) is 19.1. The lowest BCUT2D eigenvalue weighted by Crippen LogP contribution is -2.52. The molecule has 174 valence electrons. The van der Waals surface area contributed by atoms with Gasteiger partial charge in [-0.2, -0.15) is 0 Å². The van der Waals surface area contributed by atoms with Crippen molar-refractivity contribution in [2.75, 3.05) is 44.7 Å². The van der Waals surface area contributed by atoms with Gasteiger partial charge in [0.25, 0.3) is 5.91 Å². The van der Waals surface area contributed by atoms with Crippen molar-refractivity contribution in [1.82, 2.24) is 9.80 Å². The number of hydrogen-bond acceptors (Lipinski definition) is 4. The smallest absolute Gasteiger partial charge is 0.254 e. The quantitative estimate of drug-likeness (QED) is 0.603. The molecule has 0 bridgehead atoms. The van der Waals surface area contributed by atoms with Gasteiger partial charge in [-0.3, -0.25) is 14.4 Å². The van der Waals surface area contributed by atoms with E-state index in [0.717, 1.165) is 16.5 Å². The van der Waals surface area contributed by atoms with Gasteiger partial charge in [-0.15, -0.1) is 0 Å². The molecule has 0 N–H and O–H groups in total. The Hall–Kier alpha value is -3.87. The van der Waals surface area contributed by atoms with Crippen LogP contribution in [-0.4, -0.2) is 67.4 Å². The normalized spacial score (nSPS) is 18.4. The largest absolute Gasteiger partial charge is 0.497 e. The molecule has 34 heavy (non-hydrogen) atoms. The molecule has 2 fully saturated rings. The van der Waals surface area contributed by atoms with E-state index in [1.165, 1.54) is 0 Å². The Morgan fingerprint density at radius 2 is 1.59 bits per heavy atom. The molecule has 2 saturated heterocycles. The first-order chi connectivity index (χ1) is 16.5. The van der Waals surface area contributed by atoms with E-state index < -0.39 is 0 Å². The van der Waals surface area contributed by atoms with Crippen molar-refractivity contribution in [2.24, 2.45) is 5.92 Å². The van der Waals surface area contributed by atoms with Crippen LogP contribution < -0.4 is 9.64 Å². The van der Waals surface area contributed by atoms with Crippen molar-refractivity contribution in [3.05, 3.63) is 72.3 Å². The molecule has 2 aliphatic rings. The molecular formula is C27H27N3O4. The molecule has 1 unspecified atom stereocenters. The molecule has 3 aromatic carbocycles. The lowest BCUT2D eigenvalue weighted by Gasteiger charge is -2.36. The van der Waals surface area contributed by atoms with Crippen LogP contribution in [0.15, 0.2) is 66.7 Å². The van der Waals surface area contributed by atoms with Crippen molar-refractivity contribution in [3.8, 4) is 5.75 Å². The number of hydrogen-bond donors (Lipinski definition) is 0. The summed E-state index contributed by atoms with van der Waals surface area (Å²) in [5, 5.41) is 2.08. The molecule has 0 saturated carbocycles. The van der Waals surface area contributed by atoms with Gasteiger partial charge < -0.3 is 19.4 Å². The summed E-state index contributed by atoms with van der Waals surface area (Å²) in [6, 6.07) is 21.0. The van der Waals surface area contributed by atoms with Gasteiger partial charge in [0.2, 0.25) is 11.8 Å². The minimum absolute atomic E-state index is 0.00966. The van der Waals surface area contributed by atoms with Crippen molar-refractivity contribution in [2.45, 2.75) is 6.42 Å². The summed E-state index contributed by atoms with van der Waals surface area (Å²) in [5.41, 5.74) is 1.43. The number of nitrogens with zero attached hydrogens (tertiary/aromatic N) is 3. The zero-order valence-corrected chi connectivity index (χ0v) is 19.1. The van der Waals surface area contributed by atoms with Crippen molar-refractivity contribution in [3.63, 3.8) is 0 Å². The molecule has 7 nitrogen and oxygen atoms in total. The Morgan fingerprint density at radius 1 is 0.882 bits per heavy atom. The van der Waals surface area contributed by atoms with E-state index in [1.807, 2.05) is 42.5 Å². The standard InChI is InChI=1S/C27H27N3O4/c1-34-22-9-4-8-20(16-22)26(32)28-12-14-29(15-13-28)27(33)21-17-25(31)30(18-21)24-11-5-7-19-6-2-3-10-23(19)24/h2-11,16,21H,12-15,17-18H2,1H3. The van der Waals surface area contributed by atoms with Gasteiger partial charge in [0, 0.05) is 50.1 Å². The van der Waals surface area contributed by atoms with E-state index in [4.69, 9.17) is 4.74 Å². The Bertz CT molecular complexity index is 1240. The molecule has 0 aromatic heterocycles. The third-order valence-corrected chi connectivity index (χ3v) is 6.73. The fourth-order valence-electron chi connectivity index (χ4n) is 4.88. The number of carbonyl (C=O) groups is 3. The molecule has 3 aromatic rings. The molecule has 5 rings (SSSR count). The van der Waals surface area contributed by atoms with Crippen LogP contribution in [0.2, 0.25) is 0 Å². The molecular weight excluding hydrogens is 430 g/mol. The van der Waals surface area contributed by atoms with Crippen LogP contribution in [0.5, 0.6) is 5.75 Å². The number of ether oxygens (including phenoxy) is 1. The highest BCUT2D eigenvalue weighted by Crippen LogP contribution is 2.32. The number of anilines is 1. The highest BCUT2D eigenvalue weighted by molar-refractivity contribution is 6.07. The first kappa shape index (κ1) is 21.9. The van der Waals surface area contributed by atoms with Crippen LogP contribution in [0.25, 0.3) is 10.8 Å². The summed E-state index contributed by atoms with van der Waals surface area (Å²) in [5.74, 6) is 0.170. The summed E-state index contributed by atoms with van der Waals surface area (Å²) < 4.78 is 5.22. The molecule has 1 atom stereocenters. The second-order valence-electron chi connectivity index (χ2n) is 8.75. The van der Waals surface area contributed by atoms with E-state index in [-0.39, 0.29) is 30.1 Å². The van der Waals surface area contributed by atoms with Crippen LogP contribution in [0, 0.1) is 5.92 Å². The second-order valence-corrected chi connectivity index (χ2v) is 8.75. The third-order valence-electron chi connectivity index (χ3n) is 6.73. The second kappa shape index (κ2) is 9.17. The van der Waals surface area contributed by atoms with Crippen LogP contribution in [0.1, 0.15) is 16.8 Å². The molecule has 0 spiro atoms. The van der Waals surface area contributed by atoms with Crippen molar-refractivity contribution < 1.29 is 19.1 Å². The summed E-state index contributed by atoms with van der Waals surface area (Å²) in [7, 11) is 1.57. The Morgan fingerprint density at radius 3 is 2.38 bits per heavy atom. The summed E-state index contributed by atoms with van der Waals surface area (Å²) in [6.45, 7) is 2.25. The fraction of sp³-hybridized carbons (Fsp3) is 0.296. The lowest BCUT2D eigenvalue weighted by atomic mass is 10.1. The monoisotopic (exact) mass is 457 g/mol. The average molecular weight is 458 g/mol. The number of carbonyl (C=O) groups excluding carboxylic acids is 3. The predicted molar refractivity (Wildman–Crippen MR) is 130 cm³/mol. The highest BCUT2D eigenvalue weighted by atomic mass is 16.5. The van der Waals surface area contributed by atoms with Gasteiger partial charge in [0.05, 0.1) is 18.7 Å². The number of rotatable bonds is 4. The minimum atomic E-state index is -0.368. The maximum absolute atomic E-state index is 13.2. The molecule has 3 amide bonds. The Kier molecular flexibility index (Phi) is 5.92. The van der Waals surface area contributed by atoms with Gasteiger partial charge >= 0.3 is 0 Å². The first-order valence-electron chi connectivity index (χ1n) is 11.6. The number of fused-ring (bicyclic) bond motifs is 1. The Labute approximate surface area is 198 Å². The minimum Gasteiger partial charge on any atom is -0.497 e. The maximum Gasteiger partial charge on any atom is 0.254 e. The Balaban J connectivity index is 1.23. The maximum atomic E-state index is 13.2. The van der Waals surface area contributed by atoms with Gasteiger partial charge in [-0.25, -0.2) is 0 Å². The molecule has 0 aliphatic carbocycles. The van der Waals surface area contributed by atoms with Crippen molar-refractivity contribution >= 4 is 34.2 Å². The molecule has 0 radical (unpaired) electrons. The van der Waals surface area contributed by atoms with Gasteiger partial charge in [-0.05, 0) is 29.7 Å². The highest BCUT2D eigenvalue weighted by Gasteiger charge is 2.38. The SMILES string of the molecule is COc1cccc(C(=O)N2CCN(C(=O)C3CC(=O)N(c4cccc5ccccc45)C3)CC2)c1. The van der Waals surface area contributed by atoms with Crippen LogP contribution in [-0.2, 0) is 9.59 Å². The number of methoxy groups -OCH3 is 1. The number of benzene rings is 3. The van der Waals surface area contributed by atoms with Crippen molar-refractivity contribution in [1.29, 1.82) is 0 Å². The summed E-state index contributed by atoms with van der Waals surface area (Å²) in [6.07, 6.45) is 0.213. The molecule has 2 heterocycles. The summed E-state index contributed by atoms with van der Waals surface area (Å²) in [4.78, 5) is 44.3. The van der Waals surface area contributed by atoms with E-state index >= 15 is 0 Å². The van der Waals surface area contributed by atoms with E-state index in [9.17, 15) is 14.4 Å². The predicted octanol–water partition coefficient (Wildman–Crippen LogP) is 3.19. The summed E-state index contributed by atoms with van der Waals surface area (Å²) >= 11 is 0. The average Bonchev–Trinajstić information content (AvgIpc) is 3.28. The van der Waals surface area contributed by atoms with Crippen LogP contribution in [0.4, 0.5) is 5.69 Å². The van der Waals surface area contributed by atoms with Gasteiger partial charge in [0.15, 0.2) is 0 Å². The number of amides is 3. The zero-order chi connectivity index (χ0) is 23.7. The number of piperazine rings is 1. The van der Waals surface area contributed by atoms with E-state index in [0.29, 0.717) is 44.0 Å². The first-order valence-corrected chi connectivity index (χ1v) is 11.6. The van der Waals surface area contributed by atoms with Gasteiger partial charge in [0.1, 0.15) is 5.75 Å². The fourth-order valence-corrected chi connectivity index (χ4v) is 4.88. The van der Waals surface area contributed by atoms with Crippen LogP contribution >= 0.6 is 0 Å². The third kappa shape index (κ3) is 4.09. The van der Waals surface area contributed by atoms with Gasteiger partial charge in [-0.1, -0.05) is 42.5 Å². The van der Waals surface area contributed by atoms with Crippen LogP contribution in [0.3, 0.4) is 0 Å². The lowest BCUT2D eigenvalue weighted by molar-refractivity contribution is -0.137. The molecule has 2 aliphatic heterocycles. The van der Waals surface area contributed by atoms with E-state index in [2.05, 4.69) is 0 Å².